The average molecular weight is 294 g/mol. The third-order valence-electron chi connectivity index (χ3n) is 3.12. The van der Waals surface area contributed by atoms with Crippen LogP contribution in [0.3, 0.4) is 0 Å². The fraction of sp³-hybridized carbons (Fsp3) is 0.308. The summed E-state index contributed by atoms with van der Waals surface area (Å²) in [6.45, 7) is 1.52. The van der Waals surface area contributed by atoms with E-state index in [1.807, 2.05) is 0 Å². The van der Waals surface area contributed by atoms with Gasteiger partial charge in [-0.3, -0.25) is 14.8 Å². The molecule has 0 bridgehead atoms. The molecule has 0 saturated heterocycles. The number of nitrogens with one attached hydrogen (secondary N) is 1. The Morgan fingerprint density at radius 3 is 2.86 bits per heavy atom. The van der Waals surface area contributed by atoms with E-state index >= 15 is 0 Å². The van der Waals surface area contributed by atoms with E-state index in [2.05, 4.69) is 10.4 Å². The van der Waals surface area contributed by atoms with Crippen molar-refractivity contribution in [2.45, 2.75) is 12.5 Å². The highest BCUT2D eigenvalue weighted by atomic mass is 19.1. The minimum absolute atomic E-state index is 0.0177. The van der Waals surface area contributed by atoms with Gasteiger partial charge in [-0.1, -0.05) is 6.07 Å². The van der Waals surface area contributed by atoms with Crippen LogP contribution in [0.4, 0.5) is 15.8 Å². The van der Waals surface area contributed by atoms with Crippen LogP contribution in [0.1, 0.15) is 12.5 Å². The molecule has 1 aromatic carbocycles. The average Bonchev–Trinajstić information content (AvgIpc) is 2.83. The molecule has 112 valence electrons. The molecule has 0 saturated carbocycles. The van der Waals surface area contributed by atoms with Gasteiger partial charge in [-0.25, -0.2) is 0 Å². The van der Waals surface area contributed by atoms with Gasteiger partial charge in [0, 0.05) is 25.4 Å². The van der Waals surface area contributed by atoms with Crippen LogP contribution in [0.2, 0.25) is 0 Å². The van der Waals surface area contributed by atoms with Crippen LogP contribution in [-0.2, 0) is 12.6 Å². The zero-order valence-corrected chi connectivity index (χ0v) is 11.6. The number of benzene rings is 1. The van der Waals surface area contributed by atoms with Gasteiger partial charge < -0.3 is 10.4 Å². The molecule has 1 aromatic heterocycles. The highest BCUT2D eigenvalue weighted by Gasteiger charge is 2.27. The lowest BCUT2D eigenvalue weighted by Crippen LogP contribution is -2.30. The number of aromatic nitrogens is 2. The summed E-state index contributed by atoms with van der Waals surface area (Å²) in [5.74, 6) is -0.925. The topological polar surface area (TPSA) is 93.2 Å². The van der Waals surface area contributed by atoms with E-state index in [9.17, 15) is 19.6 Å². The van der Waals surface area contributed by atoms with Crippen molar-refractivity contribution in [1.82, 2.24) is 9.78 Å². The third-order valence-corrected chi connectivity index (χ3v) is 3.12. The molecule has 0 spiro atoms. The summed E-state index contributed by atoms with van der Waals surface area (Å²) in [7, 11) is 1.71. The van der Waals surface area contributed by atoms with Gasteiger partial charge >= 0.3 is 5.69 Å². The zero-order valence-electron chi connectivity index (χ0n) is 11.6. The van der Waals surface area contributed by atoms with Crippen molar-refractivity contribution in [2.24, 2.45) is 7.05 Å². The normalized spacial score (nSPS) is 13.7. The standard InChI is InChI=1S/C13H15FN4O3/c1-13(19,9-6-16-17(2)7-9)8-15-11-5-3-4-10(14)12(11)18(20)21/h3-7,15,19H,8H2,1-2H3/t13-/m0/s1. The molecule has 2 aromatic rings. The summed E-state index contributed by atoms with van der Waals surface area (Å²) in [5, 5.41) is 27.9. The van der Waals surface area contributed by atoms with Crippen molar-refractivity contribution in [2.75, 3.05) is 11.9 Å². The van der Waals surface area contributed by atoms with Crippen LogP contribution in [0.5, 0.6) is 0 Å². The first-order valence-electron chi connectivity index (χ1n) is 6.19. The number of nitro benzene ring substituents is 1. The monoisotopic (exact) mass is 294 g/mol. The Morgan fingerprint density at radius 1 is 1.57 bits per heavy atom. The van der Waals surface area contributed by atoms with Crippen LogP contribution < -0.4 is 5.32 Å². The molecule has 1 atom stereocenters. The highest BCUT2D eigenvalue weighted by molar-refractivity contribution is 5.62. The predicted molar refractivity (Wildman–Crippen MR) is 74.3 cm³/mol. The molecule has 0 aliphatic heterocycles. The van der Waals surface area contributed by atoms with Gasteiger partial charge in [0.1, 0.15) is 11.3 Å². The zero-order chi connectivity index (χ0) is 15.6. The Balaban J connectivity index is 2.20. The maximum absolute atomic E-state index is 13.5. The summed E-state index contributed by atoms with van der Waals surface area (Å²) < 4.78 is 15.0. The first kappa shape index (κ1) is 14.9. The van der Waals surface area contributed by atoms with E-state index in [0.29, 0.717) is 5.56 Å². The minimum atomic E-state index is -1.30. The van der Waals surface area contributed by atoms with Crippen molar-refractivity contribution >= 4 is 11.4 Å². The first-order valence-corrected chi connectivity index (χ1v) is 6.19. The minimum Gasteiger partial charge on any atom is -0.383 e. The second kappa shape index (κ2) is 5.49. The van der Waals surface area contributed by atoms with Gasteiger partial charge in [-0.2, -0.15) is 9.49 Å². The molecular weight excluding hydrogens is 279 g/mol. The largest absolute Gasteiger partial charge is 0.383 e. The summed E-state index contributed by atoms with van der Waals surface area (Å²) in [6, 6.07) is 3.77. The Bertz CT molecular complexity index is 669. The second-order valence-electron chi connectivity index (χ2n) is 4.92. The molecule has 0 aliphatic rings. The summed E-state index contributed by atoms with van der Waals surface area (Å²) in [6.07, 6.45) is 3.14. The lowest BCUT2D eigenvalue weighted by Gasteiger charge is -2.22. The summed E-state index contributed by atoms with van der Waals surface area (Å²) >= 11 is 0. The molecule has 0 aliphatic carbocycles. The second-order valence-corrected chi connectivity index (χ2v) is 4.92. The number of nitro groups is 1. The fourth-order valence-electron chi connectivity index (χ4n) is 1.91. The molecule has 21 heavy (non-hydrogen) atoms. The van der Waals surface area contributed by atoms with Crippen molar-refractivity contribution < 1.29 is 14.4 Å². The summed E-state index contributed by atoms with van der Waals surface area (Å²) in [5.41, 5.74) is -1.37. The number of hydrogen-bond donors (Lipinski definition) is 2. The number of aliphatic hydroxyl groups is 1. The predicted octanol–water partition coefficient (Wildman–Crippen LogP) is 1.79. The van der Waals surface area contributed by atoms with Gasteiger partial charge in [-0.05, 0) is 19.1 Å². The lowest BCUT2D eigenvalue weighted by molar-refractivity contribution is -0.386. The molecule has 0 unspecified atom stereocenters. The van der Waals surface area contributed by atoms with E-state index in [0.717, 1.165) is 6.07 Å². The number of rotatable bonds is 5. The molecule has 0 radical (unpaired) electrons. The van der Waals surface area contributed by atoms with Gasteiger partial charge in [0.25, 0.3) is 0 Å². The van der Waals surface area contributed by atoms with Gasteiger partial charge in [-0.15, -0.1) is 0 Å². The Hall–Kier alpha value is -2.48. The Morgan fingerprint density at radius 2 is 2.29 bits per heavy atom. The van der Waals surface area contributed by atoms with Crippen molar-refractivity contribution in [3.05, 3.63) is 52.1 Å². The van der Waals surface area contributed by atoms with E-state index in [1.165, 1.54) is 23.0 Å². The third kappa shape index (κ3) is 3.16. The molecule has 2 rings (SSSR count). The van der Waals surface area contributed by atoms with Gasteiger partial charge in [0.05, 0.1) is 11.1 Å². The van der Waals surface area contributed by atoms with Gasteiger partial charge in [0.15, 0.2) is 0 Å². The maximum atomic E-state index is 13.5. The van der Waals surface area contributed by atoms with Crippen LogP contribution in [0.15, 0.2) is 30.6 Å². The number of para-hydroxylation sites is 1. The highest BCUT2D eigenvalue weighted by Crippen LogP contribution is 2.29. The van der Waals surface area contributed by atoms with E-state index in [-0.39, 0.29) is 12.2 Å². The fourth-order valence-corrected chi connectivity index (χ4v) is 1.91. The van der Waals surface area contributed by atoms with Crippen LogP contribution in [-0.4, -0.2) is 26.4 Å². The Kier molecular flexibility index (Phi) is 3.90. The SMILES string of the molecule is Cn1cc([C@@](C)(O)CNc2cccc(F)c2[N+](=O)[O-])cn1. The molecular formula is C13H15FN4O3. The van der Waals surface area contributed by atoms with E-state index in [4.69, 9.17) is 0 Å². The number of anilines is 1. The molecule has 1 heterocycles. The first-order chi connectivity index (χ1) is 9.81. The maximum Gasteiger partial charge on any atom is 0.327 e. The lowest BCUT2D eigenvalue weighted by atomic mass is 9.99. The van der Waals surface area contributed by atoms with Crippen molar-refractivity contribution in [3.63, 3.8) is 0 Å². The molecule has 0 fully saturated rings. The van der Waals surface area contributed by atoms with Gasteiger partial charge in [0.2, 0.25) is 5.82 Å². The molecule has 0 amide bonds. The number of nitrogens with zero attached hydrogens (tertiary/aromatic N) is 3. The van der Waals surface area contributed by atoms with E-state index < -0.39 is 22.0 Å². The quantitative estimate of drug-likeness (QED) is 0.647. The van der Waals surface area contributed by atoms with Crippen LogP contribution in [0.25, 0.3) is 0 Å². The molecule has 8 heteroatoms. The number of aryl methyl sites for hydroxylation is 1. The number of halogens is 1. The molecule has 7 nitrogen and oxygen atoms in total. The number of hydrogen-bond acceptors (Lipinski definition) is 5. The van der Waals surface area contributed by atoms with Crippen molar-refractivity contribution in [1.29, 1.82) is 0 Å². The summed E-state index contributed by atoms with van der Waals surface area (Å²) in [4.78, 5) is 10.1. The smallest absolute Gasteiger partial charge is 0.327 e. The van der Waals surface area contributed by atoms with E-state index in [1.54, 1.807) is 20.2 Å². The molecule has 2 N–H and O–H groups in total. The van der Waals surface area contributed by atoms with Crippen LogP contribution >= 0.6 is 0 Å². The van der Waals surface area contributed by atoms with Crippen molar-refractivity contribution in [3.8, 4) is 0 Å². The van der Waals surface area contributed by atoms with Crippen LogP contribution in [0, 0.1) is 15.9 Å². The Labute approximate surface area is 120 Å².